The average molecular weight is 1290 g/mol. The second-order valence-electron chi connectivity index (χ2n) is 27.2. The van der Waals surface area contributed by atoms with Crippen LogP contribution in [0.2, 0.25) is 0 Å². The van der Waals surface area contributed by atoms with Gasteiger partial charge in [0, 0.05) is 47.6 Å². The summed E-state index contributed by atoms with van der Waals surface area (Å²) in [6.07, 6.45) is 1.84. The minimum Gasteiger partial charge on any atom is -0.372 e. The average Bonchev–Trinajstić information content (AvgIpc) is 0.721. The molecule has 0 aliphatic rings. The predicted molar refractivity (Wildman–Crippen MR) is 432 cm³/mol. The van der Waals surface area contributed by atoms with Gasteiger partial charge in [-0.2, -0.15) is 0 Å². The lowest BCUT2D eigenvalue weighted by molar-refractivity contribution is 0.866. The van der Waals surface area contributed by atoms with Crippen molar-refractivity contribution >= 4 is 76.6 Å². The lowest BCUT2D eigenvalue weighted by Crippen LogP contribution is -2.21. The van der Waals surface area contributed by atoms with E-state index in [1.54, 1.807) is 0 Å². The van der Waals surface area contributed by atoms with E-state index >= 15 is 0 Å². The highest BCUT2D eigenvalue weighted by Crippen LogP contribution is 2.46. The van der Waals surface area contributed by atoms with Crippen molar-refractivity contribution in [3.63, 3.8) is 0 Å². The molecule has 0 aliphatic heterocycles. The lowest BCUT2D eigenvalue weighted by Gasteiger charge is -2.26. The van der Waals surface area contributed by atoms with Crippen molar-refractivity contribution in [2.45, 2.75) is 67.2 Å². The number of benzene rings is 15. The number of para-hydroxylation sites is 1. The largest absolute Gasteiger partial charge is 0.372 e. The molecule has 0 unspecified atom stereocenters. The SMILES string of the molecule is CCN(CC)c1ccc(-c2ccc(-c3ccc4c(C(C)C)c5cc(-c6ccccc6-c6ccccc6)ccc5c(C(C)C)c4c3)cc2)cc1.Cc1c2ccc(-c3ccc4ccccc4c3)cc2c(C)c2ccc(-c3ccc(N(c4ccccc4)c4ccc(-c5ccccn5)cc4)cc3)cc12. The highest BCUT2D eigenvalue weighted by Gasteiger charge is 2.22. The molecule has 3 nitrogen and oxygen atoms in total. The Kier molecular flexibility index (Phi) is 18.1. The van der Waals surface area contributed by atoms with E-state index in [1.807, 2.05) is 24.4 Å². The highest BCUT2D eigenvalue weighted by molar-refractivity contribution is 6.10. The minimum atomic E-state index is 0.379. The molecular weight excluding hydrogens is 1210 g/mol. The Morgan fingerprint density at radius 2 is 0.640 bits per heavy atom. The van der Waals surface area contributed by atoms with Crippen LogP contribution in [0.3, 0.4) is 0 Å². The van der Waals surface area contributed by atoms with E-state index in [-0.39, 0.29) is 0 Å². The van der Waals surface area contributed by atoms with Gasteiger partial charge in [-0.1, -0.05) is 252 Å². The molecular formula is C97H83N3. The fourth-order valence-electron chi connectivity index (χ4n) is 15.3. The summed E-state index contributed by atoms with van der Waals surface area (Å²) in [6.45, 7) is 20.4. The quantitative estimate of drug-likeness (QED) is 0.0954. The van der Waals surface area contributed by atoms with E-state index in [1.165, 1.54) is 149 Å². The molecule has 0 amide bonds. The maximum Gasteiger partial charge on any atom is 0.0701 e. The number of pyridine rings is 1. The first kappa shape index (κ1) is 64.4. The van der Waals surface area contributed by atoms with Gasteiger partial charge in [-0.05, 0) is 273 Å². The molecule has 0 bridgehead atoms. The summed E-state index contributed by atoms with van der Waals surface area (Å²) < 4.78 is 0. The maximum absolute atomic E-state index is 4.53. The molecule has 486 valence electrons. The van der Waals surface area contributed by atoms with Crippen LogP contribution in [-0.4, -0.2) is 18.1 Å². The number of hydrogen-bond donors (Lipinski definition) is 0. The van der Waals surface area contributed by atoms with Gasteiger partial charge in [0.2, 0.25) is 0 Å². The van der Waals surface area contributed by atoms with Crippen LogP contribution in [0, 0.1) is 13.8 Å². The molecule has 0 aliphatic carbocycles. The van der Waals surface area contributed by atoms with Gasteiger partial charge in [0.1, 0.15) is 0 Å². The normalized spacial score (nSPS) is 11.5. The second kappa shape index (κ2) is 28.1. The van der Waals surface area contributed by atoms with Crippen LogP contribution in [-0.2, 0) is 0 Å². The zero-order valence-electron chi connectivity index (χ0n) is 58.5. The summed E-state index contributed by atoms with van der Waals surface area (Å²) in [7, 11) is 0. The molecule has 1 aromatic heterocycles. The minimum absolute atomic E-state index is 0.379. The zero-order valence-corrected chi connectivity index (χ0v) is 58.5. The summed E-state index contributed by atoms with van der Waals surface area (Å²) in [6, 6.07) is 115. The summed E-state index contributed by atoms with van der Waals surface area (Å²) in [5.41, 5.74) is 27.2. The smallest absolute Gasteiger partial charge is 0.0701 e. The lowest BCUT2D eigenvalue weighted by atomic mass is 9.81. The Labute approximate surface area is 590 Å². The van der Waals surface area contributed by atoms with Crippen LogP contribution in [0.4, 0.5) is 22.7 Å². The molecule has 0 saturated carbocycles. The fraction of sp³-hybridized carbons (Fsp3) is 0.124. The molecule has 1 heterocycles. The standard InChI is InChI=1S/C49H36N2.C48H47N/c1-33-46-28-22-41(39-16-15-35-10-6-7-11-38(35)30-39)32-48(46)34(2)45-27-21-40(31-47(33)45)36-17-23-43(24-18-36)51(42-12-4-3-5-13-42)44-25-19-37(20-26-44)49-14-8-9-29-50-49;1-7-49(8-2)40-26-22-35(23-27-40)34-18-20-36(21-19-34)38-24-28-43-45(30-38)47(32(3)4)44-29-25-39(31-46(44)48(43)33(5)6)42-17-13-12-16-41(42)37-14-10-9-11-15-37/h3-32H,1-2H3;9-33H,7-8H2,1-6H3. The summed E-state index contributed by atoms with van der Waals surface area (Å²) in [5, 5.41) is 13.3. The first-order chi connectivity index (χ1) is 49.0. The second-order valence-corrected chi connectivity index (χ2v) is 27.2. The Hall–Kier alpha value is -11.7. The Morgan fingerprint density at radius 1 is 0.270 bits per heavy atom. The Balaban J connectivity index is 0.000000163. The summed E-state index contributed by atoms with van der Waals surface area (Å²) >= 11 is 0. The number of aromatic nitrogens is 1. The van der Waals surface area contributed by atoms with Gasteiger partial charge >= 0.3 is 0 Å². The van der Waals surface area contributed by atoms with E-state index in [0.717, 1.165) is 41.4 Å². The van der Waals surface area contributed by atoms with Crippen molar-refractivity contribution in [1.82, 2.24) is 4.98 Å². The van der Waals surface area contributed by atoms with Crippen molar-refractivity contribution in [1.29, 1.82) is 0 Å². The summed E-state index contributed by atoms with van der Waals surface area (Å²) in [5.74, 6) is 0.759. The highest BCUT2D eigenvalue weighted by atomic mass is 15.1. The Morgan fingerprint density at radius 3 is 1.16 bits per heavy atom. The molecule has 15 aromatic carbocycles. The molecule has 0 N–H and O–H groups in total. The van der Waals surface area contributed by atoms with Crippen molar-refractivity contribution in [3.8, 4) is 78.0 Å². The first-order valence-electron chi connectivity index (χ1n) is 35.6. The van der Waals surface area contributed by atoms with Crippen LogP contribution in [0.25, 0.3) is 132 Å². The molecule has 100 heavy (non-hydrogen) atoms. The molecule has 16 rings (SSSR count). The topological polar surface area (TPSA) is 19.4 Å². The van der Waals surface area contributed by atoms with Crippen LogP contribution in [0.1, 0.15) is 75.6 Å². The number of nitrogens with zero attached hydrogens (tertiary/aromatic N) is 3. The molecule has 0 atom stereocenters. The number of anilines is 4. The number of aryl methyl sites for hydroxylation is 2. The van der Waals surface area contributed by atoms with Crippen molar-refractivity contribution in [2.75, 3.05) is 22.9 Å². The van der Waals surface area contributed by atoms with Crippen molar-refractivity contribution < 1.29 is 0 Å². The van der Waals surface area contributed by atoms with Crippen LogP contribution in [0.5, 0.6) is 0 Å². The van der Waals surface area contributed by atoms with E-state index in [9.17, 15) is 0 Å². The Bertz CT molecular complexity index is 5600. The van der Waals surface area contributed by atoms with Gasteiger partial charge in [0.15, 0.2) is 0 Å². The predicted octanol–water partition coefficient (Wildman–Crippen LogP) is 27.4. The van der Waals surface area contributed by atoms with Crippen molar-refractivity contribution in [2.24, 2.45) is 0 Å². The van der Waals surface area contributed by atoms with Crippen LogP contribution in [0.15, 0.2) is 322 Å². The van der Waals surface area contributed by atoms with Crippen LogP contribution < -0.4 is 9.80 Å². The fourth-order valence-corrected chi connectivity index (χ4v) is 15.3. The molecule has 0 fully saturated rings. The molecule has 0 saturated heterocycles. The number of fused-ring (bicyclic) bond motifs is 5. The maximum atomic E-state index is 4.53. The third-order valence-electron chi connectivity index (χ3n) is 20.5. The van der Waals surface area contributed by atoms with Gasteiger partial charge in [0.25, 0.3) is 0 Å². The van der Waals surface area contributed by atoms with Crippen LogP contribution >= 0.6 is 0 Å². The first-order valence-corrected chi connectivity index (χ1v) is 35.6. The molecule has 3 heteroatoms. The number of hydrogen-bond acceptors (Lipinski definition) is 3. The van der Waals surface area contributed by atoms with Gasteiger partial charge in [-0.25, -0.2) is 0 Å². The van der Waals surface area contributed by atoms with E-state index in [4.69, 9.17) is 0 Å². The van der Waals surface area contributed by atoms with Gasteiger partial charge in [0.05, 0.1) is 5.69 Å². The van der Waals surface area contributed by atoms with Gasteiger partial charge in [-0.3, -0.25) is 4.98 Å². The van der Waals surface area contributed by atoms with Crippen molar-refractivity contribution in [3.05, 3.63) is 344 Å². The third kappa shape index (κ3) is 12.6. The zero-order chi connectivity index (χ0) is 68.4. The van der Waals surface area contributed by atoms with E-state index < -0.39 is 0 Å². The number of rotatable bonds is 15. The third-order valence-corrected chi connectivity index (χ3v) is 20.5. The van der Waals surface area contributed by atoms with Gasteiger partial charge < -0.3 is 9.80 Å². The molecule has 0 radical (unpaired) electrons. The van der Waals surface area contributed by atoms with E-state index in [2.05, 4.69) is 367 Å². The van der Waals surface area contributed by atoms with Gasteiger partial charge in [-0.15, -0.1) is 0 Å². The monoisotopic (exact) mass is 1290 g/mol. The summed E-state index contributed by atoms with van der Waals surface area (Å²) in [4.78, 5) is 9.22. The molecule has 0 spiro atoms. The molecule has 16 aromatic rings. The van der Waals surface area contributed by atoms with E-state index in [0.29, 0.717) is 11.8 Å².